The predicted octanol–water partition coefficient (Wildman–Crippen LogP) is 2.36. The van der Waals surface area contributed by atoms with Crippen molar-refractivity contribution < 1.29 is 5.11 Å². The first-order valence-corrected chi connectivity index (χ1v) is 7.26. The molecule has 2 aromatic rings. The Bertz CT molecular complexity index is 790. The zero-order valence-electron chi connectivity index (χ0n) is 11.3. The van der Waals surface area contributed by atoms with E-state index in [1.54, 1.807) is 24.3 Å². The van der Waals surface area contributed by atoms with Gasteiger partial charge in [0.05, 0.1) is 0 Å². The van der Waals surface area contributed by atoms with Gasteiger partial charge in [-0.2, -0.15) is 0 Å². The minimum absolute atomic E-state index is 0.0768. The maximum absolute atomic E-state index is 12.0. The number of halogens is 1. The summed E-state index contributed by atoms with van der Waals surface area (Å²) in [5.74, 6) is 0.324. The van der Waals surface area contributed by atoms with Gasteiger partial charge in [-0.1, -0.05) is 36.6 Å². The van der Waals surface area contributed by atoms with Crippen LogP contribution in [0.25, 0.3) is 11.1 Å². The van der Waals surface area contributed by atoms with Crippen molar-refractivity contribution >= 4 is 11.6 Å². The molecule has 1 aromatic carbocycles. The maximum Gasteiger partial charge on any atom is 0.331 e. The van der Waals surface area contributed by atoms with Crippen LogP contribution in [0.1, 0.15) is 19.3 Å². The van der Waals surface area contributed by atoms with Gasteiger partial charge < -0.3 is 5.11 Å². The minimum atomic E-state index is -0.609. The molecule has 110 valence electrons. The summed E-state index contributed by atoms with van der Waals surface area (Å²) >= 11 is 5.92. The zero-order chi connectivity index (χ0) is 15.0. The van der Waals surface area contributed by atoms with Crippen LogP contribution in [0.5, 0.6) is 5.88 Å². The highest BCUT2D eigenvalue weighted by atomic mass is 35.5. The molecule has 0 amide bonds. The average molecular weight is 307 g/mol. The fraction of sp³-hybridized carbons (Fsp3) is 0.333. The minimum Gasteiger partial charge on any atom is -0.494 e. The summed E-state index contributed by atoms with van der Waals surface area (Å²) in [6.45, 7) is 0.402. The van der Waals surface area contributed by atoms with Crippen molar-refractivity contribution in [2.75, 3.05) is 0 Å². The van der Waals surface area contributed by atoms with E-state index in [2.05, 4.69) is 4.98 Å². The van der Waals surface area contributed by atoms with Crippen LogP contribution < -0.4 is 11.2 Å². The summed E-state index contributed by atoms with van der Waals surface area (Å²) in [5, 5.41) is 10.8. The lowest BCUT2D eigenvalue weighted by molar-refractivity contribution is 0.395. The number of benzene rings is 1. The number of rotatable bonds is 4. The van der Waals surface area contributed by atoms with Crippen molar-refractivity contribution in [1.29, 1.82) is 0 Å². The summed E-state index contributed by atoms with van der Waals surface area (Å²) in [5.41, 5.74) is -0.624. The van der Waals surface area contributed by atoms with Crippen molar-refractivity contribution in [2.24, 2.45) is 5.92 Å². The summed E-state index contributed by atoms with van der Waals surface area (Å²) < 4.78 is 1.22. The molecule has 0 bridgehead atoms. The topological polar surface area (TPSA) is 75.1 Å². The van der Waals surface area contributed by atoms with Gasteiger partial charge in [0.25, 0.3) is 5.56 Å². The van der Waals surface area contributed by atoms with E-state index in [1.165, 1.54) is 17.4 Å². The molecule has 1 saturated carbocycles. The second-order valence-corrected chi connectivity index (χ2v) is 5.79. The molecular formula is C15H15ClN2O3. The first kappa shape index (κ1) is 13.9. The molecule has 0 atom stereocenters. The Morgan fingerprint density at radius 2 is 2.10 bits per heavy atom. The van der Waals surface area contributed by atoms with Gasteiger partial charge in [-0.15, -0.1) is 0 Å². The summed E-state index contributed by atoms with van der Waals surface area (Å²) in [6, 6.07) is 6.63. The van der Waals surface area contributed by atoms with Crippen molar-refractivity contribution in [3.05, 3.63) is 50.1 Å². The molecule has 0 spiro atoms. The number of aromatic hydroxyl groups is 1. The standard InChI is InChI=1S/C15H15ClN2O3/c16-11-3-1-2-10(8-11)12-13(19)17-15(21)18(14(12)20)7-6-9-4-5-9/h1-3,8-9,20H,4-7H2,(H,17,19,21). The highest BCUT2D eigenvalue weighted by Gasteiger charge is 2.22. The van der Waals surface area contributed by atoms with Crippen molar-refractivity contribution in [1.82, 2.24) is 9.55 Å². The van der Waals surface area contributed by atoms with E-state index in [0.29, 0.717) is 23.0 Å². The Kier molecular flexibility index (Phi) is 3.59. The molecule has 0 aliphatic heterocycles. The number of hydrogen-bond acceptors (Lipinski definition) is 3. The third-order valence-electron chi connectivity index (χ3n) is 3.74. The van der Waals surface area contributed by atoms with Crippen LogP contribution in [0, 0.1) is 5.92 Å². The summed E-state index contributed by atoms with van der Waals surface area (Å²) in [4.78, 5) is 26.1. The monoisotopic (exact) mass is 306 g/mol. The van der Waals surface area contributed by atoms with E-state index in [9.17, 15) is 14.7 Å². The van der Waals surface area contributed by atoms with Crippen LogP contribution in [-0.4, -0.2) is 14.7 Å². The summed E-state index contributed by atoms with van der Waals surface area (Å²) in [7, 11) is 0. The first-order valence-electron chi connectivity index (χ1n) is 6.88. The van der Waals surface area contributed by atoms with Crippen molar-refractivity contribution in [2.45, 2.75) is 25.8 Å². The fourth-order valence-corrected chi connectivity index (χ4v) is 2.58. The van der Waals surface area contributed by atoms with Gasteiger partial charge in [0.15, 0.2) is 0 Å². The van der Waals surface area contributed by atoms with Gasteiger partial charge in [0.1, 0.15) is 5.56 Å². The van der Waals surface area contributed by atoms with Gasteiger partial charge >= 0.3 is 5.69 Å². The lowest BCUT2D eigenvalue weighted by atomic mass is 10.1. The van der Waals surface area contributed by atoms with Crippen LogP contribution in [0.4, 0.5) is 0 Å². The third kappa shape index (κ3) is 2.88. The molecule has 6 heteroatoms. The number of nitrogens with zero attached hydrogens (tertiary/aromatic N) is 1. The second-order valence-electron chi connectivity index (χ2n) is 5.35. The second kappa shape index (κ2) is 5.41. The number of H-pyrrole nitrogens is 1. The SMILES string of the molecule is O=c1[nH]c(=O)n(CCC2CC2)c(O)c1-c1cccc(Cl)c1. The number of aromatic nitrogens is 2. The zero-order valence-corrected chi connectivity index (χ0v) is 12.1. The Labute approximate surface area is 125 Å². The molecule has 1 heterocycles. The molecule has 0 radical (unpaired) electrons. The molecule has 0 unspecified atom stereocenters. The van der Waals surface area contributed by atoms with Gasteiger partial charge in [0.2, 0.25) is 5.88 Å². The predicted molar refractivity (Wildman–Crippen MR) is 80.8 cm³/mol. The Morgan fingerprint density at radius 3 is 2.76 bits per heavy atom. The van der Waals surface area contributed by atoms with Gasteiger partial charge in [-0.3, -0.25) is 14.3 Å². The lowest BCUT2D eigenvalue weighted by Gasteiger charge is -2.11. The van der Waals surface area contributed by atoms with E-state index in [-0.39, 0.29) is 11.4 Å². The van der Waals surface area contributed by atoms with Crippen LogP contribution in [0.3, 0.4) is 0 Å². The molecule has 5 nitrogen and oxygen atoms in total. The molecular weight excluding hydrogens is 292 g/mol. The van der Waals surface area contributed by atoms with E-state index in [1.807, 2.05) is 0 Å². The van der Waals surface area contributed by atoms with Crippen molar-refractivity contribution in [3.8, 4) is 17.0 Å². The molecule has 1 aliphatic carbocycles. The molecule has 2 N–H and O–H groups in total. The van der Waals surface area contributed by atoms with Gasteiger partial charge in [-0.25, -0.2) is 4.79 Å². The largest absolute Gasteiger partial charge is 0.494 e. The molecule has 1 aromatic heterocycles. The quantitative estimate of drug-likeness (QED) is 0.910. The lowest BCUT2D eigenvalue weighted by Crippen LogP contribution is -2.31. The Hall–Kier alpha value is -2.01. The Balaban J connectivity index is 2.09. The van der Waals surface area contributed by atoms with Crippen LogP contribution in [0.15, 0.2) is 33.9 Å². The van der Waals surface area contributed by atoms with Crippen LogP contribution in [0.2, 0.25) is 5.02 Å². The van der Waals surface area contributed by atoms with E-state index in [0.717, 1.165) is 6.42 Å². The van der Waals surface area contributed by atoms with Gasteiger partial charge in [-0.05, 0) is 30.0 Å². The molecule has 21 heavy (non-hydrogen) atoms. The average Bonchev–Trinajstić information content (AvgIpc) is 3.22. The molecule has 1 aliphatic rings. The summed E-state index contributed by atoms with van der Waals surface area (Å²) in [6.07, 6.45) is 3.16. The molecule has 3 rings (SSSR count). The van der Waals surface area contributed by atoms with Crippen LogP contribution >= 0.6 is 11.6 Å². The van der Waals surface area contributed by atoms with Crippen molar-refractivity contribution in [3.63, 3.8) is 0 Å². The first-order chi connectivity index (χ1) is 10.1. The number of nitrogens with one attached hydrogen (secondary N) is 1. The normalized spacial score (nSPS) is 14.3. The van der Waals surface area contributed by atoms with E-state index >= 15 is 0 Å². The Morgan fingerprint density at radius 1 is 1.33 bits per heavy atom. The fourth-order valence-electron chi connectivity index (χ4n) is 2.39. The molecule has 1 fully saturated rings. The highest BCUT2D eigenvalue weighted by molar-refractivity contribution is 6.30. The van der Waals surface area contributed by atoms with Crippen LogP contribution in [-0.2, 0) is 6.54 Å². The van der Waals surface area contributed by atoms with Gasteiger partial charge in [0, 0.05) is 11.6 Å². The highest BCUT2D eigenvalue weighted by Crippen LogP contribution is 2.33. The third-order valence-corrected chi connectivity index (χ3v) is 3.98. The molecule has 0 saturated heterocycles. The number of hydrogen-bond donors (Lipinski definition) is 2. The number of aromatic amines is 1. The van der Waals surface area contributed by atoms with E-state index in [4.69, 9.17) is 11.6 Å². The smallest absolute Gasteiger partial charge is 0.331 e. The maximum atomic E-state index is 12.0. The van der Waals surface area contributed by atoms with E-state index < -0.39 is 11.2 Å².